The highest BCUT2D eigenvalue weighted by molar-refractivity contribution is 5.99. The second kappa shape index (κ2) is 7.40. The molecule has 0 unspecified atom stereocenters. The topological polar surface area (TPSA) is 91.6 Å². The average molecular weight is 439 g/mol. The van der Waals surface area contributed by atoms with Gasteiger partial charge < -0.3 is 19.9 Å². The number of nitrogens with zero attached hydrogens (tertiary/aromatic N) is 2. The molecule has 1 atom stereocenters. The van der Waals surface area contributed by atoms with Gasteiger partial charge in [0.15, 0.2) is 11.4 Å². The Kier molecular flexibility index (Phi) is 4.98. The molecule has 1 aromatic carbocycles. The molecule has 7 nitrogen and oxygen atoms in total. The van der Waals surface area contributed by atoms with Crippen LogP contribution in [0.25, 0.3) is 0 Å². The highest BCUT2D eigenvalue weighted by atomic mass is 19.3. The fourth-order valence-corrected chi connectivity index (χ4v) is 3.89. The lowest BCUT2D eigenvalue weighted by molar-refractivity contribution is -0.0258. The van der Waals surface area contributed by atoms with Crippen LogP contribution >= 0.6 is 0 Å². The van der Waals surface area contributed by atoms with E-state index in [0.717, 1.165) is 23.2 Å². The Hall–Kier alpha value is -3.37. The van der Waals surface area contributed by atoms with Crippen molar-refractivity contribution in [2.75, 3.05) is 13.1 Å². The molecule has 1 fully saturated rings. The third-order valence-corrected chi connectivity index (χ3v) is 5.49. The van der Waals surface area contributed by atoms with Crippen LogP contribution < -0.4 is 10.7 Å². The Labute approximate surface area is 172 Å². The molecule has 2 aliphatic heterocycles. The largest absolute Gasteiger partial charge is 0.503 e. The molecule has 0 saturated carbocycles. The normalized spacial score (nSPS) is 19.5. The van der Waals surface area contributed by atoms with Crippen molar-refractivity contribution in [3.8, 4) is 5.75 Å². The summed E-state index contributed by atoms with van der Waals surface area (Å²) in [5.74, 6) is -7.69. The lowest BCUT2D eigenvalue weighted by Gasteiger charge is -2.34. The number of pyridine rings is 1. The van der Waals surface area contributed by atoms with Crippen LogP contribution in [-0.4, -0.2) is 45.4 Å². The highest BCUT2D eigenvalue weighted by Crippen LogP contribution is 2.36. The number of fused-ring (bicyclic) bond motifs is 4. The van der Waals surface area contributed by atoms with Gasteiger partial charge in [-0.15, -0.1) is 0 Å². The molecule has 2 aliphatic rings. The van der Waals surface area contributed by atoms with E-state index in [1.807, 2.05) is 0 Å². The number of hydrogen-bond donors (Lipinski definition) is 2. The number of hydrogen-bond acceptors (Lipinski definition) is 4. The minimum absolute atomic E-state index is 0.0335. The monoisotopic (exact) mass is 439 g/mol. The van der Waals surface area contributed by atoms with Crippen LogP contribution in [0.1, 0.15) is 45.3 Å². The predicted molar refractivity (Wildman–Crippen MR) is 99.0 cm³/mol. The zero-order valence-electron chi connectivity index (χ0n) is 16.0. The lowest BCUT2D eigenvalue weighted by Crippen LogP contribution is -2.46. The first kappa shape index (κ1) is 20.9. The van der Waals surface area contributed by atoms with E-state index in [-0.39, 0.29) is 25.1 Å². The Morgan fingerprint density at radius 2 is 2.00 bits per heavy atom. The van der Waals surface area contributed by atoms with E-state index in [4.69, 9.17) is 0 Å². The van der Waals surface area contributed by atoms with Crippen molar-refractivity contribution in [3.05, 3.63) is 63.1 Å². The average Bonchev–Trinajstić information content (AvgIpc) is 2.84. The van der Waals surface area contributed by atoms with Crippen LogP contribution in [-0.2, 0) is 6.54 Å². The van der Waals surface area contributed by atoms with Gasteiger partial charge in [0.05, 0.1) is 12.6 Å². The maximum Gasteiger partial charge on any atom is 0.274 e. The number of nitrogens with one attached hydrogen (secondary N) is 1. The number of benzene rings is 1. The summed E-state index contributed by atoms with van der Waals surface area (Å²) < 4.78 is 55.9. The molecule has 3 heterocycles. The molecule has 0 radical (unpaired) electrons. The second-order valence-corrected chi connectivity index (χ2v) is 7.63. The molecule has 164 valence electrons. The Morgan fingerprint density at radius 3 is 2.71 bits per heavy atom. The third-order valence-electron chi connectivity index (χ3n) is 5.49. The summed E-state index contributed by atoms with van der Waals surface area (Å²) in [6.07, 6.45) is 0.518. The second-order valence-electron chi connectivity index (χ2n) is 7.63. The van der Waals surface area contributed by atoms with Crippen molar-refractivity contribution in [2.24, 2.45) is 0 Å². The van der Waals surface area contributed by atoms with Crippen molar-refractivity contribution in [2.45, 2.75) is 31.4 Å². The lowest BCUT2D eigenvalue weighted by atomic mass is 10.1. The van der Waals surface area contributed by atoms with Gasteiger partial charge in [-0.2, -0.15) is 0 Å². The summed E-state index contributed by atoms with van der Waals surface area (Å²) in [6, 6.07) is 2.11. The standard InChI is InChI=1S/C20H17F4N3O4/c21-11-2-1-10(14(22)5-11)6-25-18(30)13-8-27-12-3-4-20(23,24)9-26(7-12)19(31)15(27)17(29)16(13)28/h1-2,5,8,12,29H,3-4,6-7,9H2,(H,25,30)/t12-/m1/s1. The number of amides is 2. The van der Waals surface area contributed by atoms with Gasteiger partial charge >= 0.3 is 0 Å². The molecule has 2 aromatic rings. The third kappa shape index (κ3) is 3.75. The van der Waals surface area contributed by atoms with E-state index in [1.54, 1.807) is 0 Å². The molecule has 2 N–H and O–H groups in total. The summed E-state index contributed by atoms with van der Waals surface area (Å²) in [4.78, 5) is 38.5. The first-order chi connectivity index (χ1) is 14.6. The summed E-state index contributed by atoms with van der Waals surface area (Å²) in [6.45, 7) is -1.23. The fraction of sp³-hybridized carbons (Fsp3) is 0.350. The molecule has 4 rings (SSSR count). The zero-order valence-corrected chi connectivity index (χ0v) is 16.0. The zero-order chi connectivity index (χ0) is 22.5. The van der Waals surface area contributed by atoms with Crippen molar-refractivity contribution in [1.29, 1.82) is 0 Å². The van der Waals surface area contributed by atoms with Gasteiger partial charge in [0.2, 0.25) is 5.43 Å². The van der Waals surface area contributed by atoms with Crippen LogP contribution in [0.15, 0.2) is 29.2 Å². The molecular weight excluding hydrogens is 422 g/mol. The number of aromatic hydroxyl groups is 1. The molecule has 1 aromatic heterocycles. The minimum Gasteiger partial charge on any atom is -0.503 e. The van der Waals surface area contributed by atoms with Gasteiger partial charge in [-0.05, 0) is 12.5 Å². The molecule has 0 spiro atoms. The van der Waals surface area contributed by atoms with Crippen LogP contribution in [0.2, 0.25) is 0 Å². The molecular formula is C20H17F4N3O4. The molecule has 0 aliphatic carbocycles. The minimum atomic E-state index is -3.11. The predicted octanol–water partition coefficient (Wildman–Crippen LogP) is 2.19. The molecule has 11 heteroatoms. The molecule has 2 bridgehead atoms. The number of carbonyl (C=O) groups is 2. The SMILES string of the molecule is O=C(NCc1ccc(F)cc1F)c1cn2c(c(O)c1=O)C(=O)N1C[C@H]2CCC(F)(F)C1. The van der Waals surface area contributed by atoms with Crippen molar-refractivity contribution < 1.29 is 32.3 Å². The van der Waals surface area contributed by atoms with Gasteiger partial charge in [-0.1, -0.05) is 6.07 Å². The molecule has 2 amide bonds. The van der Waals surface area contributed by atoms with Crippen LogP contribution in [0, 0.1) is 11.6 Å². The summed E-state index contributed by atoms with van der Waals surface area (Å²) >= 11 is 0. The van der Waals surface area contributed by atoms with Gasteiger partial charge in [0.1, 0.15) is 17.2 Å². The Bertz CT molecular complexity index is 1150. The summed E-state index contributed by atoms with van der Waals surface area (Å²) in [7, 11) is 0. The summed E-state index contributed by atoms with van der Waals surface area (Å²) in [5, 5.41) is 12.6. The Balaban J connectivity index is 1.66. The van der Waals surface area contributed by atoms with Crippen LogP contribution in [0.3, 0.4) is 0 Å². The quantitative estimate of drug-likeness (QED) is 0.718. The smallest absolute Gasteiger partial charge is 0.274 e. The Morgan fingerprint density at radius 1 is 1.26 bits per heavy atom. The van der Waals surface area contributed by atoms with E-state index in [0.29, 0.717) is 6.07 Å². The van der Waals surface area contributed by atoms with Gasteiger partial charge in [-0.25, -0.2) is 17.6 Å². The van der Waals surface area contributed by atoms with Crippen LogP contribution in [0.4, 0.5) is 17.6 Å². The van der Waals surface area contributed by atoms with Gasteiger partial charge in [-0.3, -0.25) is 14.4 Å². The fourth-order valence-electron chi connectivity index (χ4n) is 3.89. The number of halogens is 4. The van der Waals surface area contributed by atoms with Gasteiger partial charge in [0.25, 0.3) is 17.7 Å². The highest BCUT2D eigenvalue weighted by Gasteiger charge is 2.44. The first-order valence-electron chi connectivity index (χ1n) is 9.45. The number of aromatic nitrogens is 1. The van der Waals surface area contributed by atoms with E-state index in [2.05, 4.69) is 5.32 Å². The number of alkyl halides is 2. The van der Waals surface area contributed by atoms with Gasteiger partial charge in [0, 0.05) is 37.3 Å². The molecule has 31 heavy (non-hydrogen) atoms. The van der Waals surface area contributed by atoms with E-state index in [9.17, 15) is 37.1 Å². The van der Waals surface area contributed by atoms with E-state index >= 15 is 0 Å². The van der Waals surface area contributed by atoms with Crippen molar-refractivity contribution in [3.63, 3.8) is 0 Å². The number of rotatable bonds is 3. The first-order valence-corrected chi connectivity index (χ1v) is 9.45. The summed E-state index contributed by atoms with van der Waals surface area (Å²) in [5.41, 5.74) is -2.15. The molecule has 1 saturated heterocycles. The number of carbonyl (C=O) groups excluding carboxylic acids is 2. The maximum absolute atomic E-state index is 14.0. The van der Waals surface area contributed by atoms with Crippen molar-refractivity contribution in [1.82, 2.24) is 14.8 Å². The van der Waals surface area contributed by atoms with Crippen LogP contribution in [0.5, 0.6) is 5.75 Å². The van der Waals surface area contributed by atoms with Crippen molar-refractivity contribution >= 4 is 11.8 Å². The van der Waals surface area contributed by atoms with E-state index in [1.165, 1.54) is 4.57 Å². The van der Waals surface area contributed by atoms with E-state index < -0.39 is 70.8 Å². The maximum atomic E-state index is 14.0.